The Bertz CT molecular complexity index is 3170. The number of aromatic nitrogens is 3. The summed E-state index contributed by atoms with van der Waals surface area (Å²) in [6.07, 6.45) is 0. The van der Waals surface area contributed by atoms with E-state index < -0.39 is 0 Å². The van der Waals surface area contributed by atoms with Crippen molar-refractivity contribution in [3.63, 3.8) is 0 Å². The molecule has 0 aliphatic rings. The normalized spacial score (nSPS) is 11.4. The molecule has 11 aromatic rings. The van der Waals surface area contributed by atoms with Gasteiger partial charge in [-0.2, -0.15) is 0 Å². The number of benzene rings is 8. The molecule has 276 valence electrons. The average molecular weight is 770 g/mol. The summed E-state index contributed by atoms with van der Waals surface area (Å²) in [5, 5.41) is 3.65. The fourth-order valence-corrected chi connectivity index (χ4v) is 9.30. The van der Waals surface area contributed by atoms with Crippen LogP contribution in [0.5, 0.6) is 0 Å². The third-order valence-corrected chi connectivity index (χ3v) is 12.3. The number of thiophene rings is 1. The standard InChI is InChI=1S/C55H35N3S/c1-4-12-36(13-5-1)38-20-26-41(27-21-38)48-35-49(42-28-22-39(23-29-42)37-14-6-2-7-15-37)58-55(57-48)44-30-24-40(25-31-44)45-32-33-46-50(34-45)56-53(43-16-8-3-9-17-43)52-47-18-10-11-19-51(47)59-54(46)52/h1-35H. The monoisotopic (exact) mass is 769 g/mol. The highest BCUT2D eigenvalue weighted by Crippen LogP contribution is 2.43. The largest absolute Gasteiger partial charge is 0.247 e. The Morgan fingerprint density at radius 1 is 0.305 bits per heavy atom. The van der Waals surface area contributed by atoms with E-state index in [0.717, 1.165) is 56.0 Å². The van der Waals surface area contributed by atoms with Crippen molar-refractivity contribution in [2.75, 3.05) is 0 Å². The molecule has 8 aromatic carbocycles. The lowest BCUT2D eigenvalue weighted by Crippen LogP contribution is -1.96. The van der Waals surface area contributed by atoms with E-state index in [4.69, 9.17) is 15.0 Å². The smallest absolute Gasteiger partial charge is 0.160 e. The summed E-state index contributed by atoms with van der Waals surface area (Å²) in [5.41, 5.74) is 14.9. The van der Waals surface area contributed by atoms with Gasteiger partial charge in [0.15, 0.2) is 5.82 Å². The molecule has 3 nitrogen and oxygen atoms in total. The molecular weight excluding hydrogens is 735 g/mol. The van der Waals surface area contributed by atoms with E-state index in [9.17, 15) is 0 Å². The van der Waals surface area contributed by atoms with Crippen molar-refractivity contribution < 1.29 is 0 Å². The van der Waals surface area contributed by atoms with Gasteiger partial charge in [0.2, 0.25) is 0 Å². The molecule has 0 saturated carbocycles. The molecule has 4 heteroatoms. The lowest BCUT2D eigenvalue weighted by Gasteiger charge is -2.12. The van der Waals surface area contributed by atoms with Gasteiger partial charge in [-0.3, -0.25) is 0 Å². The summed E-state index contributed by atoms with van der Waals surface area (Å²) < 4.78 is 2.55. The SMILES string of the molecule is c1ccc(-c2ccc(-c3cc(-c4ccc(-c5ccccc5)cc4)nc(-c4ccc(-c5ccc6c(c5)nc(-c5ccccc5)c5c7ccccc7sc65)cc4)n3)cc2)cc1. The molecule has 3 heterocycles. The van der Waals surface area contributed by atoms with Crippen LogP contribution in [-0.2, 0) is 0 Å². The molecule has 0 bridgehead atoms. The Hall–Kier alpha value is -7.53. The zero-order valence-electron chi connectivity index (χ0n) is 32.0. The van der Waals surface area contributed by atoms with Crippen molar-refractivity contribution in [1.82, 2.24) is 15.0 Å². The van der Waals surface area contributed by atoms with Gasteiger partial charge in [0.05, 0.1) is 22.6 Å². The average Bonchev–Trinajstić information content (AvgIpc) is 3.72. The van der Waals surface area contributed by atoms with E-state index in [-0.39, 0.29) is 0 Å². The van der Waals surface area contributed by atoms with Crippen LogP contribution < -0.4 is 0 Å². The molecule has 0 atom stereocenters. The van der Waals surface area contributed by atoms with Crippen molar-refractivity contribution in [2.24, 2.45) is 0 Å². The van der Waals surface area contributed by atoms with Crippen LogP contribution in [0.3, 0.4) is 0 Å². The van der Waals surface area contributed by atoms with Crippen molar-refractivity contribution in [3.05, 3.63) is 212 Å². The van der Waals surface area contributed by atoms with Crippen molar-refractivity contribution in [2.45, 2.75) is 0 Å². The molecule has 0 saturated heterocycles. The third kappa shape index (κ3) is 6.56. The number of nitrogens with zero attached hydrogens (tertiary/aromatic N) is 3. The number of fused-ring (bicyclic) bond motifs is 5. The Balaban J connectivity index is 0.981. The second-order valence-corrected chi connectivity index (χ2v) is 15.8. The highest BCUT2D eigenvalue weighted by Gasteiger charge is 2.17. The minimum atomic E-state index is 0.683. The van der Waals surface area contributed by atoms with Gasteiger partial charge in [0.1, 0.15) is 0 Å². The van der Waals surface area contributed by atoms with Crippen molar-refractivity contribution in [1.29, 1.82) is 0 Å². The minimum Gasteiger partial charge on any atom is -0.247 e. The second kappa shape index (κ2) is 14.8. The minimum absolute atomic E-state index is 0.683. The first kappa shape index (κ1) is 34.7. The highest BCUT2D eigenvalue weighted by molar-refractivity contribution is 7.26. The molecule has 0 radical (unpaired) electrons. The van der Waals surface area contributed by atoms with E-state index in [1.165, 1.54) is 47.8 Å². The molecule has 0 fully saturated rings. The molecule has 59 heavy (non-hydrogen) atoms. The quantitative estimate of drug-likeness (QED) is 0.162. The molecule has 3 aromatic heterocycles. The maximum atomic E-state index is 5.36. The lowest BCUT2D eigenvalue weighted by molar-refractivity contribution is 1.18. The van der Waals surface area contributed by atoms with Crippen molar-refractivity contribution in [3.8, 4) is 78.5 Å². The molecule has 0 amide bonds. The van der Waals surface area contributed by atoms with E-state index in [0.29, 0.717) is 5.82 Å². The summed E-state index contributed by atoms with van der Waals surface area (Å²) >= 11 is 1.85. The van der Waals surface area contributed by atoms with Crippen molar-refractivity contribution >= 4 is 42.4 Å². The van der Waals surface area contributed by atoms with Gasteiger partial charge in [-0.05, 0) is 51.6 Å². The van der Waals surface area contributed by atoms with Crippen LogP contribution >= 0.6 is 11.3 Å². The predicted octanol–water partition coefficient (Wildman–Crippen LogP) is 15.1. The van der Waals surface area contributed by atoms with Gasteiger partial charge in [-0.1, -0.05) is 194 Å². The maximum absolute atomic E-state index is 5.36. The van der Waals surface area contributed by atoms with Crippen LogP contribution in [0.1, 0.15) is 0 Å². The highest BCUT2D eigenvalue weighted by atomic mass is 32.1. The summed E-state index contributed by atoms with van der Waals surface area (Å²) in [7, 11) is 0. The molecule has 0 unspecified atom stereocenters. The third-order valence-electron chi connectivity index (χ3n) is 11.1. The van der Waals surface area contributed by atoms with Crippen LogP contribution in [0.15, 0.2) is 212 Å². The summed E-state index contributed by atoms with van der Waals surface area (Å²) in [5.74, 6) is 0.683. The summed E-state index contributed by atoms with van der Waals surface area (Å²) in [6, 6.07) is 74.9. The summed E-state index contributed by atoms with van der Waals surface area (Å²) in [6.45, 7) is 0. The molecule has 0 aliphatic carbocycles. The molecular formula is C55H35N3S. The van der Waals surface area contributed by atoms with Crippen LogP contribution in [0.4, 0.5) is 0 Å². The summed E-state index contributed by atoms with van der Waals surface area (Å²) in [4.78, 5) is 15.7. The Morgan fingerprint density at radius 3 is 1.32 bits per heavy atom. The maximum Gasteiger partial charge on any atom is 0.160 e. The topological polar surface area (TPSA) is 38.7 Å². The first-order valence-electron chi connectivity index (χ1n) is 19.8. The second-order valence-electron chi connectivity index (χ2n) is 14.8. The Morgan fingerprint density at radius 2 is 0.746 bits per heavy atom. The zero-order chi connectivity index (χ0) is 39.1. The van der Waals surface area contributed by atoms with Gasteiger partial charge in [0, 0.05) is 47.8 Å². The fourth-order valence-electron chi connectivity index (χ4n) is 8.06. The van der Waals surface area contributed by atoms with E-state index >= 15 is 0 Å². The number of rotatable bonds is 7. The fraction of sp³-hybridized carbons (Fsp3) is 0. The zero-order valence-corrected chi connectivity index (χ0v) is 32.8. The molecule has 0 spiro atoms. The van der Waals surface area contributed by atoms with Crippen LogP contribution in [-0.4, -0.2) is 15.0 Å². The van der Waals surface area contributed by atoms with Gasteiger partial charge in [-0.25, -0.2) is 15.0 Å². The van der Waals surface area contributed by atoms with Gasteiger partial charge in [0.25, 0.3) is 0 Å². The molecule has 0 aliphatic heterocycles. The Kier molecular flexibility index (Phi) is 8.68. The molecule has 11 rings (SSSR count). The van der Waals surface area contributed by atoms with Gasteiger partial charge in [-0.15, -0.1) is 11.3 Å². The van der Waals surface area contributed by atoms with Crippen LogP contribution in [0, 0.1) is 0 Å². The predicted molar refractivity (Wildman–Crippen MR) is 248 cm³/mol. The first-order chi connectivity index (χ1) is 29.2. The first-order valence-corrected chi connectivity index (χ1v) is 20.7. The van der Waals surface area contributed by atoms with E-state index in [2.05, 4.69) is 200 Å². The lowest BCUT2D eigenvalue weighted by atomic mass is 9.99. The number of pyridine rings is 1. The van der Waals surface area contributed by atoms with Gasteiger partial charge >= 0.3 is 0 Å². The van der Waals surface area contributed by atoms with Gasteiger partial charge < -0.3 is 0 Å². The number of hydrogen-bond donors (Lipinski definition) is 0. The Labute approximate surface area is 346 Å². The van der Waals surface area contributed by atoms with Crippen LogP contribution in [0.25, 0.3) is 110 Å². The van der Waals surface area contributed by atoms with E-state index in [1.54, 1.807) is 0 Å². The van der Waals surface area contributed by atoms with Crippen LogP contribution in [0.2, 0.25) is 0 Å². The number of hydrogen-bond acceptors (Lipinski definition) is 4. The van der Waals surface area contributed by atoms with E-state index in [1.807, 2.05) is 23.5 Å². The molecule has 0 N–H and O–H groups in total.